The van der Waals surface area contributed by atoms with E-state index in [9.17, 15) is 4.79 Å². The molecule has 0 saturated carbocycles. The molecule has 8 heteroatoms. The lowest BCUT2D eigenvalue weighted by Crippen LogP contribution is -2.50. The first-order chi connectivity index (χ1) is 15.1. The smallest absolute Gasteiger partial charge is 0.321 e. The van der Waals surface area contributed by atoms with E-state index in [1.165, 1.54) is 0 Å². The lowest BCUT2D eigenvalue weighted by atomic mass is 10.1. The summed E-state index contributed by atoms with van der Waals surface area (Å²) in [5.74, 6) is 2.19. The standard InChI is InChI=1S/C23H27N7O/c1-3-18-8-4-5-9-19(18)25-23(31)30-15-13-29(14-16-30)22-12-11-21(27-28-22)26-20-10-6-7-17(2)24-20/h4-12H,3,13-16H2,1-2H3,(H,25,31)(H,24,26,27). The van der Waals surface area contributed by atoms with Crippen LogP contribution < -0.4 is 15.5 Å². The van der Waals surface area contributed by atoms with E-state index in [2.05, 4.69) is 37.6 Å². The van der Waals surface area contributed by atoms with Crippen molar-refractivity contribution >= 4 is 29.2 Å². The average molecular weight is 418 g/mol. The Kier molecular flexibility index (Phi) is 6.26. The number of aryl methyl sites for hydroxylation is 2. The summed E-state index contributed by atoms with van der Waals surface area (Å²) in [4.78, 5) is 21.1. The first kappa shape index (κ1) is 20.6. The molecule has 0 atom stereocenters. The Morgan fingerprint density at radius 3 is 2.45 bits per heavy atom. The van der Waals surface area contributed by atoms with Gasteiger partial charge in [0.2, 0.25) is 0 Å². The van der Waals surface area contributed by atoms with Crippen LogP contribution in [-0.2, 0) is 6.42 Å². The molecule has 160 valence electrons. The van der Waals surface area contributed by atoms with E-state index in [1.807, 2.05) is 66.4 Å². The van der Waals surface area contributed by atoms with Gasteiger partial charge in [-0.2, -0.15) is 0 Å². The lowest BCUT2D eigenvalue weighted by Gasteiger charge is -2.35. The summed E-state index contributed by atoms with van der Waals surface area (Å²) in [6, 6.07) is 17.5. The molecule has 2 N–H and O–H groups in total. The largest absolute Gasteiger partial charge is 0.352 e. The van der Waals surface area contributed by atoms with Crippen LogP contribution in [0.4, 0.5) is 27.9 Å². The minimum Gasteiger partial charge on any atom is -0.352 e. The van der Waals surface area contributed by atoms with Crippen LogP contribution in [0.25, 0.3) is 0 Å². The molecule has 0 aliphatic carbocycles. The summed E-state index contributed by atoms with van der Waals surface area (Å²) in [7, 11) is 0. The van der Waals surface area contributed by atoms with E-state index in [1.54, 1.807) is 0 Å². The first-order valence-corrected chi connectivity index (χ1v) is 10.6. The molecule has 1 aromatic carbocycles. The number of pyridine rings is 1. The van der Waals surface area contributed by atoms with Crippen LogP contribution in [0.5, 0.6) is 0 Å². The van der Waals surface area contributed by atoms with Crippen LogP contribution >= 0.6 is 0 Å². The van der Waals surface area contributed by atoms with Gasteiger partial charge in [0.15, 0.2) is 11.6 Å². The number of carbonyl (C=O) groups is 1. The van der Waals surface area contributed by atoms with E-state index in [-0.39, 0.29) is 6.03 Å². The Morgan fingerprint density at radius 2 is 1.74 bits per heavy atom. The Morgan fingerprint density at radius 1 is 0.935 bits per heavy atom. The van der Waals surface area contributed by atoms with Crippen LogP contribution in [0.2, 0.25) is 0 Å². The molecule has 8 nitrogen and oxygen atoms in total. The number of benzene rings is 1. The maximum absolute atomic E-state index is 12.7. The molecule has 1 saturated heterocycles. The molecule has 1 aliphatic heterocycles. The number of para-hydroxylation sites is 1. The Balaban J connectivity index is 1.31. The third kappa shape index (κ3) is 5.09. The second-order valence-corrected chi connectivity index (χ2v) is 7.48. The van der Waals surface area contributed by atoms with Crippen molar-refractivity contribution in [3.8, 4) is 0 Å². The van der Waals surface area contributed by atoms with Crippen molar-refractivity contribution in [2.75, 3.05) is 41.7 Å². The molecule has 2 aromatic heterocycles. The molecule has 2 amide bonds. The number of piperazine rings is 1. The summed E-state index contributed by atoms with van der Waals surface area (Å²) < 4.78 is 0. The summed E-state index contributed by atoms with van der Waals surface area (Å²) in [6.07, 6.45) is 0.883. The molecule has 0 unspecified atom stereocenters. The van der Waals surface area contributed by atoms with Crippen molar-refractivity contribution in [3.05, 3.63) is 65.9 Å². The van der Waals surface area contributed by atoms with Gasteiger partial charge in [-0.15, -0.1) is 10.2 Å². The van der Waals surface area contributed by atoms with Gasteiger partial charge < -0.3 is 20.4 Å². The zero-order valence-corrected chi connectivity index (χ0v) is 17.9. The maximum Gasteiger partial charge on any atom is 0.321 e. The van der Waals surface area contributed by atoms with Gasteiger partial charge in [0, 0.05) is 37.6 Å². The molecule has 3 aromatic rings. The van der Waals surface area contributed by atoms with E-state index in [0.29, 0.717) is 32.0 Å². The maximum atomic E-state index is 12.7. The van der Waals surface area contributed by atoms with Crippen LogP contribution in [0.15, 0.2) is 54.6 Å². The second kappa shape index (κ2) is 9.42. The number of aromatic nitrogens is 3. The number of rotatable bonds is 5. The quantitative estimate of drug-likeness (QED) is 0.656. The fourth-order valence-electron chi connectivity index (χ4n) is 3.59. The third-order valence-corrected chi connectivity index (χ3v) is 5.33. The fourth-order valence-corrected chi connectivity index (χ4v) is 3.59. The highest BCUT2D eigenvalue weighted by atomic mass is 16.2. The summed E-state index contributed by atoms with van der Waals surface area (Å²) in [5.41, 5.74) is 2.96. The molecule has 0 radical (unpaired) electrons. The normalized spacial score (nSPS) is 13.7. The number of nitrogens with one attached hydrogen (secondary N) is 2. The number of hydrogen-bond donors (Lipinski definition) is 2. The van der Waals surface area contributed by atoms with Gasteiger partial charge in [0.05, 0.1) is 0 Å². The van der Waals surface area contributed by atoms with E-state index in [0.717, 1.165) is 35.0 Å². The Bertz CT molecular complexity index is 1030. The van der Waals surface area contributed by atoms with Crippen molar-refractivity contribution in [1.29, 1.82) is 0 Å². The first-order valence-electron chi connectivity index (χ1n) is 10.6. The SMILES string of the molecule is CCc1ccccc1NC(=O)N1CCN(c2ccc(Nc3cccc(C)n3)nn2)CC1. The zero-order valence-electron chi connectivity index (χ0n) is 17.9. The number of anilines is 4. The minimum absolute atomic E-state index is 0.0585. The van der Waals surface area contributed by atoms with Crippen LogP contribution in [0.3, 0.4) is 0 Å². The molecule has 1 fully saturated rings. The Labute approximate surface area is 182 Å². The van der Waals surface area contributed by atoms with Gasteiger partial charge in [0.1, 0.15) is 5.82 Å². The number of hydrogen-bond acceptors (Lipinski definition) is 6. The van der Waals surface area contributed by atoms with Crippen LogP contribution in [-0.4, -0.2) is 52.3 Å². The minimum atomic E-state index is -0.0585. The highest BCUT2D eigenvalue weighted by molar-refractivity contribution is 5.90. The van der Waals surface area contributed by atoms with Crippen molar-refractivity contribution in [1.82, 2.24) is 20.1 Å². The monoisotopic (exact) mass is 417 g/mol. The second-order valence-electron chi connectivity index (χ2n) is 7.48. The van der Waals surface area contributed by atoms with Gasteiger partial charge in [-0.3, -0.25) is 0 Å². The van der Waals surface area contributed by atoms with E-state index >= 15 is 0 Å². The van der Waals surface area contributed by atoms with Gasteiger partial charge in [0.25, 0.3) is 0 Å². The van der Waals surface area contributed by atoms with Crippen LogP contribution in [0.1, 0.15) is 18.2 Å². The summed E-state index contributed by atoms with van der Waals surface area (Å²) in [5, 5.41) is 14.8. The van der Waals surface area contributed by atoms with Crippen molar-refractivity contribution < 1.29 is 4.79 Å². The van der Waals surface area contributed by atoms with E-state index in [4.69, 9.17) is 0 Å². The summed E-state index contributed by atoms with van der Waals surface area (Å²) in [6.45, 7) is 6.73. The van der Waals surface area contributed by atoms with Gasteiger partial charge in [-0.25, -0.2) is 9.78 Å². The predicted molar refractivity (Wildman–Crippen MR) is 123 cm³/mol. The average Bonchev–Trinajstić information content (AvgIpc) is 2.80. The zero-order chi connectivity index (χ0) is 21.6. The molecule has 1 aliphatic rings. The Hall–Kier alpha value is -3.68. The number of urea groups is 1. The van der Waals surface area contributed by atoms with Gasteiger partial charge in [-0.1, -0.05) is 31.2 Å². The molecular formula is C23H27N7O. The van der Waals surface area contributed by atoms with Crippen molar-refractivity contribution in [2.45, 2.75) is 20.3 Å². The summed E-state index contributed by atoms with van der Waals surface area (Å²) >= 11 is 0. The third-order valence-electron chi connectivity index (χ3n) is 5.33. The molecule has 4 rings (SSSR count). The van der Waals surface area contributed by atoms with Gasteiger partial charge >= 0.3 is 6.03 Å². The van der Waals surface area contributed by atoms with Gasteiger partial charge in [-0.05, 0) is 49.2 Å². The lowest BCUT2D eigenvalue weighted by molar-refractivity contribution is 0.208. The molecule has 0 bridgehead atoms. The molecule has 3 heterocycles. The van der Waals surface area contributed by atoms with Crippen LogP contribution in [0, 0.1) is 6.92 Å². The van der Waals surface area contributed by atoms with Crippen molar-refractivity contribution in [2.24, 2.45) is 0 Å². The van der Waals surface area contributed by atoms with E-state index < -0.39 is 0 Å². The number of nitrogens with zero attached hydrogens (tertiary/aromatic N) is 5. The topological polar surface area (TPSA) is 86.3 Å². The number of carbonyl (C=O) groups excluding carboxylic acids is 1. The highest BCUT2D eigenvalue weighted by Crippen LogP contribution is 2.19. The molecule has 31 heavy (non-hydrogen) atoms. The highest BCUT2D eigenvalue weighted by Gasteiger charge is 2.22. The molecule has 0 spiro atoms. The number of amides is 2. The molecular weight excluding hydrogens is 390 g/mol. The van der Waals surface area contributed by atoms with Crippen molar-refractivity contribution in [3.63, 3.8) is 0 Å². The fraction of sp³-hybridized carbons (Fsp3) is 0.304. The predicted octanol–water partition coefficient (Wildman–Crippen LogP) is 3.84.